The molecule has 24 heavy (non-hydrogen) atoms. The van der Waals surface area contributed by atoms with Crippen LogP contribution < -0.4 is 4.57 Å². The van der Waals surface area contributed by atoms with Crippen LogP contribution >= 0.6 is 0 Å². The van der Waals surface area contributed by atoms with Crippen molar-refractivity contribution >= 4 is 5.78 Å². The summed E-state index contributed by atoms with van der Waals surface area (Å²) in [5.41, 5.74) is 5.23. The highest BCUT2D eigenvalue weighted by molar-refractivity contribution is 5.96. The molecule has 1 aromatic carbocycles. The van der Waals surface area contributed by atoms with Gasteiger partial charge in [0.1, 0.15) is 0 Å². The van der Waals surface area contributed by atoms with Crippen LogP contribution in [0.4, 0.5) is 0 Å². The number of ketones is 1. The molecule has 0 N–H and O–H groups in total. The van der Waals surface area contributed by atoms with Crippen LogP contribution in [-0.4, -0.2) is 10.4 Å². The van der Waals surface area contributed by atoms with Crippen LogP contribution in [0.5, 0.6) is 0 Å². The number of aryl methyl sites for hydroxylation is 2. The topological polar surface area (TPSA) is 25.9 Å². The van der Waals surface area contributed by atoms with E-state index >= 15 is 0 Å². The second kappa shape index (κ2) is 6.83. The molecule has 0 fully saturated rings. The molecule has 3 heteroatoms. The molecule has 3 aromatic rings. The number of carbonyl (C=O) groups excluding carboxylic acids is 1. The Kier molecular flexibility index (Phi) is 4.61. The van der Waals surface area contributed by atoms with Gasteiger partial charge in [0.05, 0.1) is 0 Å². The first-order valence-electron chi connectivity index (χ1n) is 8.35. The van der Waals surface area contributed by atoms with Crippen LogP contribution in [0.2, 0.25) is 0 Å². The van der Waals surface area contributed by atoms with Crippen molar-refractivity contribution in [2.75, 3.05) is 0 Å². The maximum absolute atomic E-state index is 12.8. The molecule has 0 aliphatic rings. The number of Topliss-reactive ketones (excluding diaryl/α,β-unsaturated/α-hetero) is 1. The summed E-state index contributed by atoms with van der Waals surface area (Å²) in [5.74, 6) is 0.138. The zero-order valence-corrected chi connectivity index (χ0v) is 14.5. The molecule has 0 amide bonds. The number of para-hydroxylation sites is 1. The monoisotopic (exact) mass is 319 g/mol. The Labute approximate surface area is 143 Å². The van der Waals surface area contributed by atoms with Gasteiger partial charge in [-0.25, -0.2) is 0 Å². The molecular weight excluding hydrogens is 296 g/mol. The highest BCUT2D eigenvalue weighted by Crippen LogP contribution is 2.21. The van der Waals surface area contributed by atoms with E-state index in [0.717, 1.165) is 29.1 Å². The van der Waals surface area contributed by atoms with Crippen molar-refractivity contribution in [3.63, 3.8) is 0 Å². The second-order valence-electron chi connectivity index (χ2n) is 6.11. The van der Waals surface area contributed by atoms with Crippen molar-refractivity contribution < 1.29 is 9.36 Å². The summed E-state index contributed by atoms with van der Waals surface area (Å²) in [6.07, 6.45) is 4.97. The Morgan fingerprint density at radius 3 is 2.33 bits per heavy atom. The van der Waals surface area contributed by atoms with Gasteiger partial charge in [0.2, 0.25) is 12.3 Å². The van der Waals surface area contributed by atoms with Crippen molar-refractivity contribution in [3.8, 4) is 5.69 Å². The molecule has 3 nitrogen and oxygen atoms in total. The predicted molar refractivity (Wildman–Crippen MR) is 95.6 cm³/mol. The summed E-state index contributed by atoms with van der Waals surface area (Å²) in [5, 5.41) is 0. The molecule has 0 unspecified atom stereocenters. The van der Waals surface area contributed by atoms with Crippen molar-refractivity contribution in [2.24, 2.45) is 0 Å². The Hall–Kier alpha value is -2.68. The normalized spacial score (nSPS) is 10.8. The molecule has 0 bridgehead atoms. The molecule has 0 aliphatic carbocycles. The first-order chi connectivity index (χ1) is 11.6. The van der Waals surface area contributed by atoms with Crippen LogP contribution in [0.3, 0.4) is 0 Å². The summed E-state index contributed by atoms with van der Waals surface area (Å²) in [6, 6.07) is 16.3. The smallest absolute Gasteiger partial charge is 0.229 e. The van der Waals surface area contributed by atoms with E-state index in [-0.39, 0.29) is 5.78 Å². The summed E-state index contributed by atoms with van der Waals surface area (Å²) >= 11 is 0. The van der Waals surface area contributed by atoms with Gasteiger partial charge in [0.25, 0.3) is 0 Å². The lowest BCUT2D eigenvalue weighted by atomic mass is 10.1. The number of hydrogen-bond donors (Lipinski definition) is 0. The van der Waals surface area contributed by atoms with Crippen LogP contribution in [0.25, 0.3) is 5.69 Å². The van der Waals surface area contributed by atoms with E-state index < -0.39 is 0 Å². The lowest BCUT2D eigenvalue weighted by Crippen LogP contribution is -2.37. The van der Waals surface area contributed by atoms with E-state index in [1.807, 2.05) is 55.1 Å². The fourth-order valence-corrected chi connectivity index (χ4v) is 3.10. The Morgan fingerprint density at radius 1 is 1.04 bits per heavy atom. The van der Waals surface area contributed by atoms with E-state index in [1.165, 1.54) is 5.56 Å². The third-order valence-electron chi connectivity index (χ3n) is 4.44. The lowest BCUT2D eigenvalue weighted by molar-refractivity contribution is -0.683. The summed E-state index contributed by atoms with van der Waals surface area (Å²) in [7, 11) is 0. The number of benzene rings is 1. The molecule has 2 heterocycles. The van der Waals surface area contributed by atoms with Gasteiger partial charge in [-0.05, 0) is 44.0 Å². The van der Waals surface area contributed by atoms with Gasteiger partial charge in [-0.15, -0.1) is 0 Å². The van der Waals surface area contributed by atoms with E-state index in [9.17, 15) is 4.79 Å². The van der Waals surface area contributed by atoms with E-state index in [0.29, 0.717) is 6.54 Å². The standard InChI is InChI=1S/C21H23N2O/c1-4-18-10-12-22(13-11-18)15-21(24)20-14-16(2)23(17(20)3)19-8-6-5-7-9-19/h5-14H,4,15H2,1-3H3/q+1. The maximum Gasteiger partial charge on any atom is 0.229 e. The number of pyridine rings is 1. The zero-order chi connectivity index (χ0) is 17.1. The van der Waals surface area contributed by atoms with E-state index in [1.54, 1.807) is 0 Å². The minimum atomic E-state index is 0.138. The molecule has 3 rings (SSSR count). The molecule has 0 radical (unpaired) electrons. The third-order valence-corrected chi connectivity index (χ3v) is 4.44. The number of hydrogen-bond acceptors (Lipinski definition) is 1. The summed E-state index contributed by atoms with van der Waals surface area (Å²) < 4.78 is 4.08. The maximum atomic E-state index is 12.8. The lowest BCUT2D eigenvalue weighted by Gasteiger charge is -2.09. The van der Waals surface area contributed by atoms with Gasteiger partial charge in [-0.3, -0.25) is 4.79 Å². The van der Waals surface area contributed by atoms with Gasteiger partial charge in [-0.1, -0.05) is 25.1 Å². The molecule has 0 saturated heterocycles. The van der Waals surface area contributed by atoms with Crippen molar-refractivity contribution in [1.82, 2.24) is 4.57 Å². The first kappa shape index (κ1) is 16.2. The quantitative estimate of drug-likeness (QED) is 0.518. The Balaban J connectivity index is 1.88. The van der Waals surface area contributed by atoms with Gasteiger partial charge < -0.3 is 4.57 Å². The highest BCUT2D eigenvalue weighted by Gasteiger charge is 2.19. The fraction of sp³-hybridized carbons (Fsp3) is 0.238. The highest BCUT2D eigenvalue weighted by atomic mass is 16.1. The molecule has 0 spiro atoms. The molecule has 122 valence electrons. The molecule has 0 atom stereocenters. The van der Waals surface area contributed by atoms with E-state index in [4.69, 9.17) is 0 Å². The Bertz CT molecular complexity index is 846. The number of aromatic nitrogens is 2. The molecule has 0 aliphatic heterocycles. The SMILES string of the molecule is CCc1cc[n+](CC(=O)c2cc(C)n(-c3ccccc3)c2C)cc1. The van der Waals surface area contributed by atoms with Crippen LogP contribution in [0.1, 0.15) is 34.2 Å². The summed E-state index contributed by atoms with van der Waals surface area (Å²) in [6.45, 7) is 6.55. The average Bonchev–Trinajstić information content (AvgIpc) is 2.91. The van der Waals surface area contributed by atoms with Gasteiger partial charge >= 0.3 is 0 Å². The number of carbonyl (C=O) groups is 1. The Morgan fingerprint density at radius 2 is 1.71 bits per heavy atom. The van der Waals surface area contributed by atoms with Crippen LogP contribution in [-0.2, 0) is 13.0 Å². The predicted octanol–water partition coefficient (Wildman–Crippen LogP) is 3.83. The zero-order valence-electron chi connectivity index (χ0n) is 14.5. The van der Waals surface area contributed by atoms with Crippen molar-refractivity contribution in [1.29, 1.82) is 0 Å². The van der Waals surface area contributed by atoms with Gasteiger partial charge in [0, 0.05) is 34.8 Å². The van der Waals surface area contributed by atoms with Gasteiger partial charge in [-0.2, -0.15) is 4.57 Å². The fourth-order valence-electron chi connectivity index (χ4n) is 3.10. The summed E-state index contributed by atoms with van der Waals surface area (Å²) in [4.78, 5) is 12.8. The average molecular weight is 319 g/mol. The minimum Gasteiger partial charge on any atom is -0.318 e. The minimum absolute atomic E-state index is 0.138. The van der Waals surface area contributed by atoms with Crippen LogP contribution in [0, 0.1) is 13.8 Å². The molecule has 2 aromatic heterocycles. The van der Waals surface area contributed by atoms with Crippen molar-refractivity contribution in [2.45, 2.75) is 33.7 Å². The van der Waals surface area contributed by atoms with Crippen molar-refractivity contribution in [3.05, 3.63) is 83.4 Å². The molecule has 0 saturated carbocycles. The molecular formula is C21H23N2O+. The number of nitrogens with zero attached hydrogens (tertiary/aromatic N) is 2. The van der Waals surface area contributed by atoms with E-state index in [2.05, 4.69) is 35.8 Å². The first-order valence-corrected chi connectivity index (χ1v) is 8.35. The number of rotatable bonds is 5. The van der Waals surface area contributed by atoms with Gasteiger partial charge in [0.15, 0.2) is 12.4 Å². The second-order valence-corrected chi connectivity index (χ2v) is 6.11. The third kappa shape index (κ3) is 3.16. The largest absolute Gasteiger partial charge is 0.318 e. The van der Waals surface area contributed by atoms with Crippen LogP contribution in [0.15, 0.2) is 60.9 Å².